The van der Waals surface area contributed by atoms with Gasteiger partial charge >= 0.3 is 12.8 Å². The molecule has 0 radical (unpaired) electrons. The Balaban J connectivity index is 3.75. The van der Waals surface area contributed by atoms with Gasteiger partial charge in [0.2, 0.25) is 0 Å². The maximum atomic E-state index is 12.5. The first-order valence-corrected chi connectivity index (χ1v) is 5.25. The first kappa shape index (κ1) is 8.78. The number of alkyl halides is 3. The third-order valence-corrected chi connectivity index (χ3v) is 2.73. The molecule has 0 spiro atoms. The molecule has 1 aromatic rings. The molecular weight excluding hydrogens is 264 g/mol. The van der Waals surface area contributed by atoms with Crippen LogP contribution in [0.25, 0.3) is 0 Å². The summed E-state index contributed by atoms with van der Waals surface area (Å²) in [6.45, 7) is 0. The lowest BCUT2D eigenvalue weighted by molar-refractivity contribution is -0.0436. The number of hydrogen-bond acceptors (Lipinski definition) is 5. The predicted molar refractivity (Wildman–Crippen MR) is 50.5 cm³/mol. The molecule has 1 rings (SSSR count). The van der Waals surface area contributed by atoms with Gasteiger partial charge in [-0.05, 0) is 24.2 Å². The highest BCUT2D eigenvalue weighted by Crippen LogP contribution is 2.30. The largest absolute Gasteiger partial charge is 0.707 e. The van der Waals surface area contributed by atoms with Crippen molar-refractivity contribution in [1.29, 1.82) is 0 Å². The normalized spacial score (nSPS) is 15.6. The molecule has 0 aliphatic carbocycles. The van der Waals surface area contributed by atoms with E-state index in [0.717, 1.165) is 0 Å². The maximum Gasteiger partial charge on any atom is 0.707 e. The molecule has 0 aromatic heterocycles. The summed E-state index contributed by atoms with van der Waals surface area (Å²) in [4.78, 5) is -1.87. The van der Waals surface area contributed by atoms with Crippen LogP contribution in [0.1, 0.15) is 5.48 Å². The van der Waals surface area contributed by atoms with Gasteiger partial charge in [0.05, 0.1) is 10.4 Å². The Bertz CT molecular complexity index is 649. The van der Waals surface area contributed by atoms with Crippen LogP contribution in [-0.4, -0.2) is 31.3 Å². The third kappa shape index (κ3) is 3.11. The summed E-state index contributed by atoms with van der Waals surface area (Å²) >= 11 is 0. The summed E-state index contributed by atoms with van der Waals surface area (Å²) in [6.07, 6.45) is 0. The fourth-order valence-corrected chi connectivity index (χ4v) is 1.31. The lowest BCUT2D eigenvalue weighted by Crippen LogP contribution is -2.23. The number of sulfone groups is 1. The van der Waals surface area contributed by atoms with E-state index in [1.165, 1.54) is 0 Å². The van der Waals surface area contributed by atoms with Crippen LogP contribution in [0.5, 0.6) is 5.75 Å². The molecule has 2 N–H and O–H groups in total. The van der Waals surface area contributed by atoms with Gasteiger partial charge in [-0.15, -0.1) is 0 Å². The maximum absolute atomic E-state index is 12.5. The number of halogens is 3. The molecule has 0 atom stereocenters. The van der Waals surface area contributed by atoms with E-state index >= 15 is 0 Å². The topological polar surface area (TPSA) is 83.8 Å². The Labute approximate surface area is 100 Å². The monoisotopic (exact) mass is 274 g/mol. The molecule has 10 heteroatoms. The molecular formula is C7H6BF3O5S. The summed E-state index contributed by atoms with van der Waals surface area (Å²) in [5, 5.41) is 17.1. The first-order valence-electron chi connectivity index (χ1n) is 5.76. The van der Waals surface area contributed by atoms with Crippen LogP contribution in [0.15, 0.2) is 29.1 Å². The quantitative estimate of drug-likeness (QED) is 0.776. The minimum Gasteiger partial charge on any atom is -0.512 e. The van der Waals surface area contributed by atoms with E-state index in [2.05, 4.69) is 4.65 Å². The van der Waals surface area contributed by atoms with Crippen molar-refractivity contribution in [3.8, 4) is 5.75 Å². The molecule has 0 aliphatic rings. The van der Waals surface area contributed by atoms with Gasteiger partial charge in [-0.3, -0.25) is 0 Å². The van der Waals surface area contributed by atoms with E-state index in [4.69, 9.17) is 15.5 Å². The van der Waals surface area contributed by atoms with Crippen molar-refractivity contribution in [2.75, 3.05) is 0 Å². The van der Waals surface area contributed by atoms with Crippen molar-refractivity contribution in [3.63, 3.8) is 0 Å². The van der Waals surface area contributed by atoms with Crippen LogP contribution in [-0.2, 0) is 9.84 Å². The van der Waals surface area contributed by atoms with Gasteiger partial charge in [0, 0.05) is 0 Å². The summed E-state index contributed by atoms with van der Waals surface area (Å²) < 4.78 is 93.1. The van der Waals surface area contributed by atoms with Crippen molar-refractivity contribution in [2.45, 2.75) is 10.4 Å². The molecule has 0 aliphatic heterocycles. The number of hydrogen-bond donors (Lipinski definition) is 2. The minimum absolute atomic E-state index is 1.10. The van der Waals surface area contributed by atoms with Crippen LogP contribution < -0.4 is 4.65 Å². The van der Waals surface area contributed by atoms with Crippen molar-refractivity contribution in [3.05, 3.63) is 24.2 Å². The van der Waals surface area contributed by atoms with E-state index < -0.39 is 57.5 Å². The highest BCUT2D eigenvalue weighted by atomic mass is 32.2. The Morgan fingerprint density at radius 3 is 2.06 bits per heavy atom. The zero-order valence-corrected chi connectivity index (χ0v) is 8.56. The molecule has 0 fully saturated rings. The highest BCUT2D eigenvalue weighted by molar-refractivity contribution is 7.92. The zero-order chi connectivity index (χ0) is 16.7. The Hall–Kier alpha value is -1.26. The van der Waals surface area contributed by atoms with Gasteiger partial charge in [0.25, 0.3) is 9.84 Å². The van der Waals surface area contributed by atoms with Crippen LogP contribution >= 0.6 is 0 Å². The fraction of sp³-hybridized carbons (Fsp3) is 0.143. The minimum atomic E-state index is -6.12. The fourth-order valence-electron chi connectivity index (χ4n) is 0.704. The van der Waals surface area contributed by atoms with Crippen molar-refractivity contribution in [1.82, 2.24) is 0 Å². The average molecular weight is 274 g/mol. The standard InChI is InChI=1S/C7H6BF3O5S/c9-7(10,11)17(14,15)6-3-1-5(2-4-6)16-8(12)13/h1-4,12-13H/i1D,2D,3D,4D. The van der Waals surface area contributed by atoms with Gasteiger partial charge in [-0.1, -0.05) is 0 Å². The van der Waals surface area contributed by atoms with Crippen LogP contribution in [0.3, 0.4) is 0 Å². The van der Waals surface area contributed by atoms with E-state index in [0.29, 0.717) is 0 Å². The van der Waals surface area contributed by atoms with Gasteiger partial charge < -0.3 is 14.7 Å². The molecule has 0 saturated heterocycles. The van der Waals surface area contributed by atoms with Crippen LogP contribution in [0.4, 0.5) is 13.2 Å². The Kier molecular flexibility index (Phi) is 2.35. The molecule has 0 amide bonds. The highest BCUT2D eigenvalue weighted by Gasteiger charge is 2.46. The molecule has 17 heavy (non-hydrogen) atoms. The van der Waals surface area contributed by atoms with Gasteiger partial charge in [0.15, 0.2) is 0 Å². The molecule has 0 saturated carbocycles. The van der Waals surface area contributed by atoms with Crippen molar-refractivity contribution >= 4 is 17.2 Å². The molecule has 0 bridgehead atoms. The van der Waals surface area contributed by atoms with E-state index in [1.807, 2.05) is 0 Å². The van der Waals surface area contributed by atoms with Crippen molar-refractivity contribution in [2.24, 2.45) is 0 Å². The average Bonchev–Trinajstić information content (AvgIpc) is 2.30. The smallest absolute Gasteiger partial charge is 0.512 e. The number of rotatable bonds is 3. The van der Waals surface area contributed by atoms with Gasteiger partial charge in [-0.2, -0.15) is 13.2 Å². The lowest BCUT2D eigenvalue weighted by atomic mass is 10.2. The molecule has 0 heterocycles. The van der Waals surface area contributed by atoms with Crippen molar-refractivity contribution < 1.29 is 41.8 Å². The second kappa shape index (κ2) is 4.55. The SMILES string of the molecule is [2H]c1c([2H])c(S(=O)(=O)C(F)(F)F)c([2H])c([2H])c1OB(O)O. The molecule has 0 unspecified atom stereocenters. The van der Waals surface area contributed by atoms with E-state index in [9.17, 15) is 21.6 Å². The Morgan fingerprint density at radius 2 is 1.71 bits per heavy atom. The summed E-state index contributed by atoms with van der Waals surface area (Å²) in [7, 11) is -8.69. The van der Waals surface area contributed by atoms with Crippen LogP contribution in [0, 0.1) is 0 Å². The molecule has 1 aromatic carbocycles. The molecule has 5 nitrogen and oxygen atoms in total. The predicted octanol–water partition coefficient (Wildman–Crippen LogP) is 0.328. The zero-order valence-electron chi connectivity index (χ0n) is 11.7. The molecule has 94 valence electrons. The third-order valence-electron chi connectivity index (χ3n) is 1.38. The van der Waals surface area contributed by atoms with Gasteiger partial charge in [-0.25, -0.2) is 8.42 Å². The number of benzene rings is 1. The van der Waals surface area contributed by atoms with E-state index in [-0.39, 0.29) is 0 Å². The van der Waals surface area contributed by atoms with Crippen LogP contribution in [0.2, 0.25) is 0 Å². The van der Waals surface area contributed by atoms with Gasteiger partial charge in [0.1, 0.15) is 5.75 Å². The second-order valence-corrected chi connectivity index (χ2v) is 4.43. The lowest BCUT2D eigenvalue weighted by Gasteiger charge is -2.09. The summed E-state index contributed by atoms with van der Waals surface area (Å²) in [5.41, 5.74) is -5.82. The summed E-state index contributed by atoms with van der Waals surface area (Å²) in [5.74, 6) is -1.10. The Morgan fingerprint density at radius 1 is 1.24 bits per heavy atom. The second-order valence-electron chi connectivity index (χ2n) is 2.55. The van der Waals surface area contributed by atoms with E-state index in [1.54, 1.807) is 0 Å². The first-order chi connectivity index (χ1) is 9.32. The summed E-state index contributed by atoms with van der Waals surface area (Å²) in [6, 6.07) is -5.67.